The molecule has 0 saturated heterocycles. The highest BCUT2D eigenvalue weighted by Gasteiger charge is 2.22. The van der Waals surface area contributed by atoms with Crippen molar-refractivity contribution < 1.29 is 29.3 Å². The monoisotopic (exact) mass is 819 g/mol. The standard InChI is InChI=1S/C45H46ClN5O6S/c1-28-33(27-57-41-20-40(56-26-31-17-30(21-47)22-50-23-31)34(18-38(41)46)24-48-15-5-11-44(52)53)7-3-9-36(28)37-10-4-8-35(29(37)2)32-13-14-42-39(19-32)51-43(58-42)25-49-16-6-12-45(54)55/h3-4,7-10,13-14,17-20,22-23,43,48-49,51H,5-6,11-12,15-16,24-27H2,1-2H3,(H,52,53)(H,54,55). The van der Waals surface area contributed by atoms with Gasteiger partial charge in [0, 0.05) is 66.1 Å². The number of halogens is 1. The first-order chi connectivity index (χ1) is 28.1. The lowest BCUT2D eigenvalue weighted by Gasteiger charge is -2.18. The van der Waals surface area contributed by atoms with Gasteiger partial charge >= 0.3 is 11.9 Å². The third-order valence-corrected chi connectivity index (χ3v) is 11.4. The van der Waals surface area contributed by atoms with Crippen molar-refractivity contribution in [1.82, 2.24) is 15.6 Å². The minimum atomic E-state index is -0.840. The van der Waals surface area contributed by atoms with Gasteiger partial charge in [-0.2, -0.15) is 5.26 Å². The van der Waals surface area contributed by atoms with Gasteiger partial charge in [0.1, 0.15) is 30.8 Å². The molecule has 4 aromatic carbocycles. The minimum absolute atomic E-state index is 0.0732. The van der Waals surface area contributed by atoms with E-state index in [1.165, 1.54) is 16.7 Å². The van der Waals surface area contributed by atoms with Gasteiger partial charge in [-0.1, -0.05) is 65.8 Å². The number of ether oxygens (including phenoxy) is 2. The Morgan fingerprint density at radius 2 is 1.55 bits per heavy atom. The van der Waals surface area contributed by atoms with E-state index >= 15 is 0 Å². The van der Waals surface area contributed by atoms with Gasteiger partial charge < -0.3 is 35.6 Å². The predicted molar refractivity (Wildman–Crippen MR) is 227 cm³/mol. The van der Waals surface area contributed by atoms with E-state index in [-0.39, 0.29) is 31.4 Å². The van der Waals surface area contributed by atoms with Crippen LogP contribution < -0.4 is 25.4 Å². The first-order valence-electron chi connectivity index (χ1n) is 19.1. The van der Waals surface area contributed by atoms with Gasteiger partial charge in [0.15, 0.2) is 0 Å². The molecule has 2 heterocycles. The van der Waals surface area contributed by atoms with Crippen molar-refractivity contribution >= 4 is 41.0 Å². The fraction of sp³-hybridized carbons (Fsp3) is 0.289. The maximum absolute atomic E-state index is 11.0. The van der Waals surface area contributed by atoms with Gasteiger partial charge in [-0.3, -0.25) is 14.6 Å². The second-order valence-electron chi connectivity index (χ2n) is 14.1. The number of nitriles is 1. The third kappa shape index (κ3) is 11.1. The van der Waals surface area contributed by atoms with Crippen LogP contribution in [0.3, 0.4) is 0 Å². The summed E-state index contributed by atoms with van der Waals surface area (Å²) in [5.41, 5.74) is 10.8. The van der Waals surface area contributed by atoms with E-state index < -0.39 is 11.9 Å². The number of carboxylic acids is 2. The number of anilines is 1. The predicted octanol–water partition coefficient (Wildman–Crippen LogP) is 8.97. The number of aliphatic carboxylic acids is 2. The second kappa shape index (κ2) is 20.2. The van der Waals surface area contributed by atoms with E-state index in [1.54, 1.807) is 36.2 Å². The van der Waals surface area contributed by atoms with Crippen molar-refractivity contribution in [2.45, 2.75) is 69.6 Å². The van der Waals surface area contributed by atoms with Crippen LogP contribution in [-0.4, -0.2) is 52.1 Å². The molecule has 1 unspecified atom stereocenters. The first kappa shape index (κ1) is 42.0. The molecule has 0 radical (unpaired) electrons. The number of benzene rings is 4. The summed E-state index contributed by atoms with van der Waals surface area (Å²) in [6.07, 6.45) is 4.48. The Hall–Kier alpha value is -5.58. The summed E-state index contributed by atoms with van der Waals surface area (Å²) in [6.45, 7) is 7.01. The van der Waals surface area contributed by atoms with Crippen LogP contribution >= 0.6 is 23.4 Å². The number of nitrogens with one attached hydrogen (secondary N) is 3. The van der Waals surface area contributed by atoms with E-state index in [0.717, 1.165) is 56.7 Å². The van der Waals surface area contributed by atoms with E-state index in [1.807, 2.05) is 6.07 Å². The van der Waals surface area contributed by atoms with Crippen LogP contribution in [0.1, 0.15) is 59.1 Å². The fourth-order valence-corrected chi connectivity index (χ4v) is 8.15. The molecule has 0 bridgehead atoms. The lowest BCUT2D eigenvalue weighted by Crippen LogP contribution is -2.29. The topological polar surface area (TPSA) is 166 Å². The lowest BCUT2D eigenvalue weighted by atomic mass is 9.89. The number of aromatic nitrogens is 1. The van der Waals surface area contributed by atoms with Crippen molar-refractivity contribution in [3.05, 3.63) is 124 Å². The summed E-state index contributed by atoms with van der Waals surface area (Å²) in [4.78, 5) is 27.1. The molecule has 5 aromatic rings. The van der Waals surface area contributed by atoms with Crippen LogP contribution in [0.2, 0.25) is 5.02 Å². The molecule has 11 nitrogen and oxygen atoms in total. The largest absolute Gasteiger partial charge is 0.488 e. The Morgan fingerprint density at radius 1 is 0.845 bits per heavy atom. The Morgan fingerprint density at radius 3 is 2.31 bits per heavy atom. The zero-order valence-electron chi connectivity index (χ0n) is 32.4. The summed E-state index contributed by atoms with van der Waals surface area (Å²) in [5, 5.41) is 38.0. The smallest absolute Gasteiger partial charge is 0.303 e. The molecule has 0 aliphatic carbocycles. The number of hydrogen-bond acceptors (Lipinski definition) is 10. The van der Waals surface area contributed by atoms with E-state index in [2.05, 4.69) is 89.4 Å². The zero-order chi connectivity index (χ0) is 41.0. The van der Waals surface area contributed by atoms with Crippen LogP contribution in [0.15, 0.2) is 90.1 Å². The molecule has 0 spiro atoms. The average Bonchev–Trinajstić information content (AvgIpc) is 3.62. The normalized spacial score (nSPS) is 13.0. The number of rotatable bonds is 20. The fourth-order valence-electron chi connectivity index (χ4n) is 6.82. The second-order valence-corrected chi connectivity index (χ2v) is 15.7. The summed E-state index contributed by atoms with van der Waals surface area (Å²) < 4.78 is 12.6. The zero-order valence-corrected chi connectivity index (χ0v) is 34.0. The van der Waals surface area contributed by atoms with Crippen molar-refractivity contribution in [2.75, 3.05) is 25.0 Å². The number of fused-ring (bicyclic) bond motifs is 1. The van der Waals surface area contributed by atoms with Crippen LogP contribution in [0, 0.1) is 25.2 Å². The highest BCUT2D eigenvalue weighted by molar-refractivity contribution is 8.00. The summed E-state index contributed by atoms with van der Waals surface area (Å²) in [7, 11) is 0. The number of carbonyl (C=O) groups is 2. The number of thioether (sulfide) groups is 1. The molecule has 1 atom stereocenters. The van der Waals surface area contributed by atoms with Crippen LogP contribution in [0.25, 0.3) is 22.3 Å². The molecular formula is C45H46ClN5O6S. The van der Waals surface area contributed by atoms with Crippen LogP contribution in [0.5, 0.6) is 11.5 Å². The average molecular weight is 820 g/mol. The third-order valence-electron chi connectivity index (χ3n) is 9.90. The van der Waals surface area contributed by atoms with Crippen LogP contribution in [0.4, 0.5) is 5.69 Å². The van der Waals surface area contributed by atoms with E-state index in [0.29, 0.717) is 54.6 Å². The quantitative estimate of drug-likeness (QED) is 0.0474. The highest BCUT2D eigenvalue weighted by Crippen LogP contribution is 2.42. The molecule has 1 aliphatic heterocycles. The Bertz CT molecular complexity index is 2310. The molecule has 0 saturated carbocycles. The van der Waals surface area contributed by atoms with E-state index in [9.17, 15) is 14.9 Å². The Labute approximate surface area is 347 Å². The van der Waals surface area contributed by atoms with Gasteiger partial charge in [0.05, 0.1) is 16.0 Å². The van der Waals surface area contributed by atoms with Gasteiger partial charge in [-0.05, 0) is 103 Å². The Balaban J connectivity index is 1.16. The SMILES string of the molecule is Cc1c(COc2cc(OCc3cncc(C#N)c3)c(CNCCCC(=O)O)cc2Cl)cccc1-c1cccc(-c2ccc3c(c2)NC(CNCCCC(=O)O)S3)c1C. The maximum Gasteiger partial charge on any atom is 0.303 e. The molecule has 300 valence electrons. The molecule has 0 amide bonds. The molecule has 1 aliphatic rings. The highest BCUT2D eigenvalue weighted by atomic mass is 35.5. The van der Waals surface area contributed by atoms with Gasteiger partial charge in [0.2, 0.25) is 0 Å². The molecule has 6 rings (SSSR count). The maximum atomic E-state index is 11.0. The van der Waals surface area contributed by atoms with Crippen molar-refractivity contribution in [3.63, 3.8) is 0 Å². The molecule has 5 N–H and O–H groups in total. The molecule has 0 fully saturated rings. The Kier molecular flexibility index (Phi) is 14.6. The number of nitrogens with zero attached hydrogens (tertiary/aromatic N) is 2. The van der Waals surface area contributed by atoms with Gasteiger partial charge in [-0.15, -0.1) is 0 Å². The molecular weight excluding hydrogens is 774 g/mol. The number of carboxylic acid groups (broad SMARTS) is 2. The summed E-state index contributed by atoms with van der Waals surface area (Å²) in [5.74, 6) is -0.609. The number of pyridine rings is 1. The first-order valence-corrected chi connectivity index (χ1v) is 20.4. The van der Waals surface area contributed by atoms with Gasteiger partial charge in [-0.25, -0.2) is 0 Å². The summed E-state index contributed by atoms with van der Waals surface area (Å²) in [6, 6.07) is 26.6. The van der Waals surface area contributed by atoms with Crippen LogP contribution in [-0.2, 0) is 29.3 Å². The molecule has 1 aromatic heterocycles. The lowest BCUT2D eigenvalue weighted by molar-refractivity contribution is -0.138. The molecule has 13 heteroatoms. The van der Waals surface area contributed by atoms with E-state index in [4.69, 9.17) is 31.3 Å². The van der Waals surface area contributed by atoms with Gasteiger partial charge in [0.25, 0.3) is 0 Å². The minimum Gasteiger partial charge on any atom is -0.488 e. The summed E-state index contributed by atoms with van der Waals surface area (Å²) >= 11 is 8.57. The van der Waals surface area contributed by atoms with Crippen molar-refractivity contribution in [3.8, 4) is 39.8 Å². The van der Waals surface area contributed by atoms with Crippen molar-refractivity contribution in [1.29, 1.82) is 5.26 Å². The number of hydrogen-bond donors (Lipinski definition) is 5. The molecule has 58 heavy (non-hydrogen) atoms. The van der Waals surface area contributed by atoms with Crippen molar-refractivity contribution in [2.24, 2.45) is 0 Å².